The lowest BCUT2D eigenvalue weighted by Gasteiger charge is -2.18. The molecule has 0 fully saturated rings. The van der Waals surface area contributed by atoms with Crippen LogP contribution in [0.15, 0.2) is 36.5 Å². The van der Waals surface area contributed by atoms with Crippen molar-refractivity contribution in [3.63, 3.8) is 0 Å². The van der Waals surface area contributed by atoms with Gasteiger partial charge in [-0.3, -0.25) is 14.4 Å². The van der Waals surface area contributed by atoms with Gasteiger partial charge < -0.3 is 14.2 Å². The molecule has 1 unspecified atom stereocenters. The minimum atomic E-state index is -0.772. The van der Waals surface area contributed by atoms with Gasteiger partial charge in [0.2, 0.25) is 0 Å². The number of ether oxygens (including phenoxy) is 3. The van der Waals surface area contributed by atoms with Crippen LogP contribution in [-0.4, -0.2) is 37.2 Å². The third-order valence-electron chi connectivity index (χ3n) is 12.1. The van der Waals surface area contributed by atoms with Crippen LogP contribution in [0.5, 0.6) is 0 Å². The van der Waals surface area contributed by atoms with Crippen molar-refractivity contribution in [2.45, 2.75) is 297 Å². The summed E-state index contributed by atoms with van der Waals surface area (Å²) in [6.07, 6.45) is 61.3. The summed E-state index contributed by atoms with van der Waals surface area (Å²) in [5.41, 5.74) is 0. The summed E-state index contributed by atoms with van der Waals surface area (Å²) in [6.45, 7) is 6.64. The molecule has 0 saturated carbocycles. The zero-order valence-electron chi connectivity index (χ0n) is 42.1. The molecule has 368 valence electrons. The molecule has 1 atom stereocenters. The molecule has 0 radical (unpaired) electrons. The van der Waals surface area contributed by atoms with Crippen LogP contribution in [0.3, 0.4) is 0 Å². The molecule has 0 amide bonds. The molecule has 0 rings (SSSR count). The molecule has 0 aromatic heterocycles. The van der Waals surface area contributed by atoms with Crippen molar-refractivity contribution in [1.29, 1.82) is 0 Å². The molecule has 0 bridgehead atoms. The SMILES string of the molecule is CCCCCCC/C=C\C/C=C\C/C=C\CCCCCCCCC(=O)OCC(COC(=O)CCCCCCCCCCCCCC)OC(=O)CCCCCCCCCCCCCC. The Hall–Kier alpha value is -2.37. The lowest BCUT2D eigenvalue weighted by molar-refractivity contribution is -0.167. The highest BCUT2D eigenvalue weighted by Crippen LogP contribution is 2.16. The van der Waals surface area contributed by atoms with Gasteiger partial charge in [0.05, 0.1) is 0 Å². The van der Waals surface area contributed by atoms with Crippen LogP contribution in [-0.2, 0) is 28.6 Å². The number of allylic oxidation sites excluding steroid dienone is 6. The molecule has 0 aliphatic rings. The normalized spacial score (nSPS) is 12.2. The zero-order valence-corrected chi connectivity index (χ0v) is 42.1. The maximum absolute atomic E-state index is 12.8. The summed E-state index contributed by atoms with van der Waals surface area (Å²) in [4.78, 5) is 38.0. The number of carbonyl (C=O) groups excluding carboxylic acids is 3. The van der Waals surface area contributed by atoms with Gasteiger partial charge in [-0.25, -0.2) is 0 Å². The van der Waals surface area contributed by atoms with Crippen molar-refractivity contribution < 1.29 is 28.6 Å². The van der Waals surface area contributed by atoms with E-state index in [2.05, 4.69) is 57.2 Å². The number of hydrogen-bond acceptors (Lipinski definition) is 6. The summed E-state index contributed by atoms with van der Waals surface area (Å²) < 4.78 is 16.8. The van der Waals surface area contributed by atoms with E-state index in [1.54, 1.807) is 0 Å². The monoisotopic (exact) mass is 885 g/mol. The van der Waals surface area contributed by atoms with Gasteiger partial charge in [-0.2, -0.15) is 0 Å². The Bertz CT molecular complexity index is 1060. The molecular formula is C57H104O6. The fraction of sp³-hybridized carbons (Fsp3) is 0.842. The van der Waals surface area contributed by atoms with E-state index in [0.29, 0.717) is 19.3 Å². The van der Waals surface area contributed by atoms with Crippen molar-refractivity contribution in [1.82, 2.24) is 0 Å². The topological polar surface area (TPSA) is 78.9 Å². The summed E-state index contributed by atoms with van der Waals surface area (Å²) in [5.74, 6) is -0.872. The Morgan fingerprint density at radius 1 is 0.317 bits per heavy atom. The van der Waals surface area contributed by atoms with Gasteiger partial charge in [0, 0.05) is 19.3 Å². The Balaban J connectivity index is 4.31. The molecule has 0 N–H and O–H groups in total. The van der Waals surface area contributed by atoms with E-state index in [4.69, 9.17) is 14.2 Å². The van der Waals surface area contributed by atoms with Gasteiger partial charge >= 0.3 is 17.9 Å². The molecule has 0 saturated heterocycles. The average Bonchev–Trinajstić information content (AvgIpc) is 3.28. The smallest absolute Gasteiger partial charge is 0.306 e. The third-order valence-corrected chi connectivity index (χ3v) is 12.1. The molecule has 0 heterocycles. The second-order valence-corrected chi connectivity index (χ2v) is 18.5. The quantitative estimate of drug-likeness (QED) is 0.0262. The van der Waals surface area contributed by atoms with Crippen molar-refractivity contribution in [2.24, 2.45) is 0 Å². The Morgan fingerprint density at radius 2 is 0.571 bits per heavy atom. The standard InChI is InChI=1S/C57H104O6/c1-4-7-10-13-16-19-22-25-26-27-28-29-30-31-32-33-36-38-41-44-47-50-56(59)62-53-54(63-57(60)51-48-45-42-39-35-24-21-18-15-12-9-6-3)52-61-55(58)49-46-43-40-37-34-23-20-17-14-11-8-5-2/h22,25,27-28,30-31,54H,4-21,23-24,26,29,32-53H2,1-3H3/b25-22-,28-27-,31-30-. The first-order valence-corrected chi connectivity index (χ1v) is 27.5. The number of hydrogen-bond donors (Lipinski definition) is 0. The second kappa shape index (κ2) is 52.3. The van der Waals surface area contributed by atoms with E-state index in [-0.39, 0.29) is 31.1 Å². The molecule has 6 heteroatoms. The molecule has 0 spiro atoms. The molecule has 6 nitrogen and oxygen atoms in total. The first-order valence-electron chi connectivity index (χ1n) is 27.5. The van der Waals surface area contributed by atoms with Crippen molar-refractivity contribution >= 4 is 17.9 Å². The van der Waals surface area contributed by atoms with Crippen LogP contribution in [0, 0.1) is 0 Å². The highest BCUT2D eigenvalue weighted by Gasteiger charge is 2.19. The number of rotatable bonds is 50. The van der Waals surface area contributed by atoms with Crippen molar-refractivity contribution in [3.05, 3.63) is 36.5 Å². The first-order chi connectivity index (χ1) is 31.0. The van der Waals surface area contributed by atoms with Crippen LogP contribution < -0.4 is 0 Å². The van der Waals surface area contributed by atoms with E-state index in [1.165, 1.54) is 173 Å². The van der Waals surface area contributed by atoms with Crippen LogP contribution in [0.1, 0.15) is 290 Å². The maximum Gasteiger partial charge on any atom is 0.306 e. The molecule has 0 aromatic carbocycles. The summed E-state index contributed by atoms with van der Waals surface area (Å²) in [6, 6.07) is 0. The Labute approximate surface area is 391 Å². The highest BCUT2D eigenvalue weighted by molar-refractivity contribution is 5.71. The second-order valence-electron chi connectivity index (χ2n) is 18.5. The van der Waals surface area contributed by atoms with E-state index in [1.807, 2.05) is 0 Å². The maximum atomic E-state index is 12.8. The predicted molar refractivity (Wildman–Crippen MR) is 270 cm³/mol. The molecule has 63 heavy (non-hydrogen) atoms. The minimum Gasteiger partial charge on any atom is -0.462 e. The molecule has 0 aromatic rings. The third kappa shape index (κ3) is 50.5. The predicted octanol–water partition coefficient (Wildman–Crippen LogP) is 18.1. The van der Waals surface area contributed by atoms with Gasteiger partial charge in [-0.1, -0.05) is 250 Å². The van der Waals surface area contributed by atoms with E-state index >= 15 is 0 Å². The number of carbonyl (C=O) groups is 3. The van der Waals surface area contributed by atoms with Crippen LogP contribution >= 0.6 is 0 Å². The van der Waals surface area contributed by atoms with E-state index in [0.717, 1.165) is 77.0 Å². The fourth-order valence-electron chi connectivity index (χ4n) is 7.98. The van der Waals surface area contributed by atoms with Crippen LogP contribution in [0.2, 0.25) is 0 Å². The fourth-order valence-corrected chi connectivity index (χ4v) is 7.98. The Morgan fingerprint density at radius 3 is 0.889 bits per heavy atom. The minimum absolute atomic E-state index is 0.0720. The first kappa shape index (κ1) is 60.6. The van der Waals surface area contributed by atoms with Crippen LogP contribution in [0.25, 0.3) is 0 Å². The van der Waals surface area contributed by atoms with Crippen LogP contribution in [0.4, 0.5) is 0 Å². The van der Waals surface area contributed by atoms with Gasteiger partial charge in [0.25, 0.3) is 0 Å². The summed E-state index contributed by atoms with van der Waals surface area (Å²) >= 11 is 0. The van der Waals surface area contributed by atoms with Gasteiger partial charge in [-0.15, -0.1) is 0 Å². The van der Waals surface area contributed by atoms with Gasteiger partial charge in [0.1, 0.15) is 13.2 Å². The van der Waals surface area contributed by atoms with E-state index < -0.39 is 6.10 Å². The zero-order chi connectivity index (χ0) is 45.8. The van der Waals surface area contributed by atoms with Gasteiger partial charge in [0.15, 0.2) is 6.10 Å². The Kier molecular flexibility index (Phi) is 50.3. The summed E-state index contributed by atoms with van der Waals surface area (Å²) in [5, 5.41) is 0. The number of esters is 3. The number of unbranched alkanes of at least 4 members (excludes halogenated alkanes) is 33. The highest BCUT2D eigenvalue weighted by atomic mass is 16.6. The molecule has 0 aliphatic carbocycles. The van der Waals surface area contributed by atoms with Crippen molar-refractivity contribution in [3.8, 4) is 0 Å². The largest absolute Gasteiger partial charge is 0.462 e. The van der Waals surface area contributed by atoms with E-state index in [9.17, 15) is 14.4 Å². The lowest BCUT2D eigenvalue weighted by atomic mass is 10.0. The average molecular weight is 885 g/mol. The van der Waals surface area contributed by atoms with Crippen molar-refractivity contribution in [2.75, 3.05) is 13.2 Å². The molecule has 0 aliphatic heterocycles. The molecular weight excluding hydrogens is 781 g/mol. The summed E-state index contributed by atoms with van der Waals surface area (Å²) in [7, 11) is 0. The lowest BCUT2D eigenvalue weighted by Crippen LogP contribution is -2.30. The van der Waals surface area contributed by atoms with Gasteiger partial charge in [-0.05, 0) is 57.8 Å².